The number of sulfonamides is 1. The van der Waals surface area contributed by atoms with Crippen molar-refractivity contribution in [3.05, 3.63) is 99.5 Å². The molecule has 0 aliphatic heterocycles. The number of benzene rings is 3. The monoisotopic (exact) mass is 655 g/mol. The Kier molecular flexibility index (Phi) is 11.4. The van der Waals surface area contributed by atoms with Crippen LogP contribution in [0.1, 0.15) is 55.9 Å². The molecule has 42 heavy (non-hydrogen) atoms. The summed E-state index contributed by atoms with van der Waals surface area (Å²) in [6, 6.07) is 22.1. The Hall–Kier alpha value is -3.17. The second-order valence-electron chi connectivity index (χ2n) is 11.8. The lowest BCUT2D eigenvalue weighted by Gasteiger charge is -2.34. The Morgan fingerprint density at radius 1 is 0.905 bits per heavy atom. The van der Waals surface area contributed by atoms with Crippen LogP contribution >= 0.6 is 15.9 Å². The van der Waals surface area contributed by atoms with Gasteiger partial charge in [0.25, 0.3) is 0 Å². The van der Waals surface area contributed by atoms with Crippen molar-refractivity contribution in [1.82, 2.24) is 10.2 Å². The van der Waals surface area contributed by atoms with Crippen LogP contribution in [-0.2, 0) is 32.6 Å². The first-order valence-electron chi connectivity index (χ1n) is 14.1. The van der Waals surface area contributed by atoms with E-state index in [1.54, 1.807) is 11.0 Å². The highest BCUT2D eigenvalue weighted by atomic mass is 79.9. The number of anilines is 1. The summed E-state index contributed by atoms with van der Waals surface area (Å²) in [5, 5.41) is 3.07. The van der Waals surface area contributed by atoms with Crippen molar-refractivity contribution in [2.75, 3.05) is 17.1 Å². The van der Waals surface area contributed by atoms with Crippen LogP contribution in [-0.4, -0.2) is 49.5 Å². The van der Waals surface area contributed by atoms with Crippen LogP contribution in [0.2, 0.25) is 0 Å². The second kappa shape index (κ2) is 14.3. The van der Waals surface area contributed by atoms with Crippen molar-refractivity contribution in [1.29, 1.82) is 0 Å². The van der Waals surface area contributed by atoms with Gasteiger partial charge in [0, 0.05) is 35.9 Å². The lowest BCUT2D eigenvalue weighted by Crippen LogP contribution is -2.54. The zero-order valence-electron chi connectivity index (χ0n) is 25.4. The molecule has 0 fully saturated rings. The van der Waals surface area contributed by atoms with Gasteiger partial charge in [0.1, 0.15) is 6.04 Å². The Morgan fingerprint density at radius 3 is 2.17 bits per heavy atom. The number of amides is 2. The molecule has 0 aliphatic carbocycles. The summed E-state index contributed by atoms with van der Waals surface area (Å²) in [6.45, 7) is 10.0. The van der Waals surface area contributed by atoms with Crippen LogP contribution < -0.4 is 9.62 Å². The van der Waals surface area contributed by atoms with Gasteiger partial charge in [0.2, 0.25) is 21.8 Å². The molecule has 0 spiro atoms. The molecule has 1 atom stereocenters. The molecular formula is C33H42BrN3O4S. The minimum Gasteiger partial charge on any atom is -0.350 e. The Bertz CT molecular complexity index is 1490. The Balaban J connectivity index is 1.91. The first-order valence-corrected chi connectivity index (χ1v) is 16.7. The third-order valence-electron chi connectivity index (χ3n) is 6.94. The normalized spacial score (nSPS) is 12.5. The number of carbonyl (C=O) groups excluding carboxylic acids is 2. The quantitative estimate of drug-likeness (QED) is 0.253. The summed E-state index contributed by atoms with van der Waals surface area (Å²) < 4.78 is 27.7. The number of nitrogens with zero attached hydrogens (tertiary/aromatic N) is 2. The summed E-state index contributed by atoms with van der Waals surface area (Å²) in [4.78, 5) is 29.3. The van der Waals surface area contributed by atoms with Gasteiger partial charge in [-0.1, -0.05) is 64.5 Å². The van der Waals surface area contributed by atoms with Gasteiger partial charge in [-0.3, -0.25) is 13.9 Å². The first kappa shape index (κ1) is 33.3. The van der Waals surface area contributed by atoms with Crippen molar-refractivity contribution < 1.29 is 18.0 Å². The zero-order valence-corrected chi connectivity index (χ0v) is 27.8. The fourth-order valence-corrected chi connectivity index (χ4v) is 6.13. The van der Waals surface area contributed by atoms with Gasteiger partial charge in [-0.15, -0.1) is 0 Å². The largest absolute Gasteiger partial charge is 0.350 e. The molecule has 226 valence electrons. The second-order valence-corrected chi connectivity index (χ2v) is 14.6. The Labute approximate surface area is 259 Å². The highest BCUT2D eigenvalue weighted by Gasteiger charge is 2.32. The lowest BCUT2D eigenvalue weighted by atomic mass is 10.00. The van der Waals surface area contributed by atoms with Gasteiger partial charge < -0.3 is 10.2 Å². The molecule has 0 saturated carbocycles. The van der Waals surface area contributed by atoms with Crippen LogP contribution in [0.15, 0.2) is 77.3 Å². The number of rotatable bonds is 12. The number of aryl methyl sites for hydroxylation is 2. The van der Waals surface area contributed by atoms with Gasteiger partial charge in [0.05, 0.1) is 11.9 Å². The minimum absolute atomic E-state index is 0.0823. The van der Waals surface area contributed by atoms with Gasteiger partial charge in [0.15, 0.2) is 0 Å². The smallest absolute Gasteiger partial charge is 0.243 e. The molecule has 7 nitrogen and oxygen atoms in total. The van der Waals surface area contributed by atoms with Crippen molar-refractivity contribution in [3.63, 3.8) is 0 Å². The molecule has 3 aromatic rings. The van der Waals surface area contributed by atoms with E-state index in [0.717, 1.165) is 26.7 Å². The van der Waals surface area contributed by atoms with Crippen LogP contribution in [0.4, 0.5) is 5.69 Å². The fraction of sp³-hybridized carbons (Fsp3) is 0.394. The van der Waals surface area contributed by atoms with Gasteiger partial charge in [-0.05, 0) is 87.6 Å². The predicted molar refractivity (Wildman–Crippen MR) is 174 cm³/mol. The molecule has 9 heteroatoms. The van der Waals surface area contributed by atoms with E-state index in [-0.39, 0.29) is 31.3 Å². The van der Waals surface area contributed by atoms with E-state index in [0.29, 0.717) is 18.5 Å². The van der Waals surface area contributed by atoms with Crippen LogP contribution in [0.3, 0.4) is 0 Å². The van der Waals surface area contributed by atoms with E-state index in [2.05, 4.69) is 21.2 Å². The van der Waals surface area contributed by atoms with E-state index >= 15 is 0 Å². The predicted octanol–water partition coefficient (Wildman–Crippen LogP) is 6.17. The molecule has 0 radical (unpaired) electrons. The summed E-state index contributed by atoms with van der Waals surface area (Å²) in [5.41, 5.74) is 3.97. The van der Waals surface area contributed by atoms with E-state index in [1.807, 2.05) is 101 Å². The van der Waals surface area contributed by atoms with Crippen molar-refractivity contribution in [2.24, 2.45) is 0 Å². The molecule has 0 aromatic heterocycles. The van der Waals surface area contributed by atoms with Gasteiger partial charge in [-0.25, -0.2) is 8.42 Å². The third kappa shape index (κ3) is 9.98. The molecule has 2 amide bonds. The molecule has 0 aliphatic rings. The highest BCUT2D eigenvalue weighted by molar-refractivity contribution is 9.10. The number of halogens is 1. The van der Waals surface area contributed by atoms with Crippen molar-refractivity contribution in [2.45, 2.75) is 72.0 Å². The maximum atomic E-state index is 14.0. The average Bonchev–Trinajstić information content (AvgIpc) is 2.89. The van der Waals surface area contributed by atoms with E-state index in [9.17, 15) is 18.0 Å². The first-order chi connectivity index (χ1) is 19.6. The standard InChI is InChI=1S/C33H42BrN3O4S/c1-24-17-18-29(20-25(24)2)37(42(6,40)41)19-11-16-31(38)36(23-27-14-10-15-28(34)21-27)30(32(39)35-33(3,4)5)22-26-12-8-7-9-13-26/h7-10,12-15,17-18,20-21,30H,11,16,19,22-23H2,1-6H3,(H,35,39)/t30-/m1/s1. The molecule has 0 unspecified atom stereocenters. The Morgan fingerprint density at radius 2 is 1.57 bits per heavy atom. The summed E-state index contributed by atoms with van der Waals surface area (Å²) in [6.07, 6.45) is 1.91. The summed E-state index contributed by atoms with van der Waals surface area (Å²) in [5.74, 6) is -0.448. The number of hydrogen-bond acceptors (Lipinski definition) is 4. The number of carbonyl (C=O) groups is 2. The zero-order chi connectivity index (χ0) is 31.1. The SMILES string of the molecule is Cc1ccc(N(CCCC(=O)N(Cc2cccc(Br)c2)[C@H](Cc2ccccc2)C(=O)NC(C)(C)C)S(C)(=O)=O)cc1C. The highest BCUT2D eigenvalue weighted by Crippen LogP contribution is 2.23. The summed E-state index contributed by atoms with van der Waals surface area (Å²) >= 11 is 3.51. The maximum absolute atomic E-state index is 14.0. The molecule has 3 aromatic carbocycles. The average molecular weight is 657 g/mol. The molecule has 3 rings (SSSR count). The van der Waals surface area contributed by atoms with Crippen LogP contribution in [0.25, 0.3) is 0 Å². The van der Waals surface area contributed by atoms with Crippen LogP contribution in [0.5, 0.6) is 0 Å². The van der Waals surface area contributed by atoms with E-state index in [4.69, 9.17) is 0 Å². The fourth-order valence-electron chi connectivity index (χ4n) is 4.72. The lowest BCUT2D eigenvalue weighted by molar-refractivity contribution is -0.142. The third-order valence-corrected chi connectivity index (χ3v) is 8.63. The van der Waals surface area contributed by atoms with Gasteiger partial charge >= 0.3 is 0 Å². The number of nitrogens with one attached hydrogen (secondary N) is 1. The topological polar surface area (TPSA) is 86.8 Å². The molecule has 0 heterocycles. The van der Waals surface area contributed by atoms with Crippen molar-refractivity contribution in [3.8, 4) is 0 Å². The number of hydrogen-bond donors (Lipinski definition) is 1. The molecule has 1 N–H and O–H groups in total. The summed E-state index contributed by atoms with van der Waals surface area (Å²) in [7, 11) is -3.57. The minimum atomic E-state index is -3.57. The van der Waals surface area contributed by atoms with E-state index in [1.165, 1.54) is 10.6 Å². The van der Waals surface area contributed by atoms with Crippen molar-refractivity contribution >= 4 is 43.5 Å². The van der Waals surface area contributed by atoms with Crippen LogP contribution in [0, 0.1) is 13.8 Å². The van der Waals surface area contributed by atoms with Gasteiger partial charge in [-0.2, -0.15) is 0 Å². The molecular weight excluding hydrogens is 614 g/mol. The van der Waals surface area contributed by atoms with E-state index < -0.39 is 21.6 Å². The molecule has 0 bridgehead atoms. The molecule has 0 saturated heterocycles. The maximum Gasteiger partial charge on any atom is 0.243 e.